The van der Waals surface area contributed by atoms with Crippen LogP contribution < -0.4 is 5.32 Å². The maximum Gasteiger partial charge on any atom is 0.237 e. The molecule has 0 spiro atoms. The van der Waals surface area contributed by atoms with Gasteiger partial charge >= 0.3 is 0 Å². The van der Waals surface area contributed by atoms with Gasteiger partial charge in [0.1, 0.15) is 0 Å². The van der Waals surface area contributed by atoms with Crippen LogP contribution in [0, 0.1) is 12.3 Å². The lowest BCUT2D eigenvalue weighted by atomic mass is 9.81. The Kier molecular flexibility index (Phi) is 5.93. The van der Waals surface area contributed by atoms with E-state index in [0.717, 1.165) is 51.5 Å². The minimum absolute atomic E-state index is 0.0263. The molecule has 3 nitrogen and oxygen atoms in total. The molecule has 128 valence electrons. The number of hydrogen-bond acceptors (Lipinski definition) is 2. The number of benzene rings is 1. The Bertz CT molecular complexity index is 569. The zero-order valence-electron chi connectivity index (χ0n) is 14.4. The summed E-state index contributed by atoms with van der Waals surface area (Å²) < 4.78 is 0. The lowest BCUT2D eigenvalue weighted by molar-refractivity contribution is -0.128. The third kappa shape index (κ3) is 4.19. The van der Waals surface area contributed by atoms with Crippen molar-refractivity contribution in [2.75, 3.05) is 13.1 Å². The molecule has 3 rings (SSSR count). The summed E-state index contributed by atoms with van der Waals surface area (Å²) in [6, 6.07) is 11.1. The predicted octanol–water partition coefficient (Wildman–Crippen LogP) is 3.32. The summed E-state index contributed by atoms with van der Waals surface area (Å²) in [7, 11) is 0. The molecule has 1 aliphatic heterocycles. The normalized spacial score (nSPS) is 28.0. The summed E-state index contributed by atoms with van der Waals surface area (Å²) in [5.74, 6) is 3.53. The highest BCUT2D eigenvalue weighted by atomic mass is 16.2. The zero-order chi connectivity index (χ0) is 16.8. The van der Waals surface area contributed by atoms with Crippen molar-refractivity contribution < 1.29 is 4.79 Å². The van der Waals surface area contributed by atoms with Crippen LogP contribution >= 0.6 is 0 Å². The number of nitrogens with one attached hydrogen (secondary N) is 1. The standard InChI is InChI=1S/C21H28N2O/c1-2-15-23-16-7-6-10-20(23)21(24)22-19-13-11-18(12-14-19)17-8-4-3-5-9-17/h1,3-5,8-9,18-20H,6-7,10-16H2,(H,22,24). The number of likely N-dealkylation sites (tertiary alicyclic amines) is 1. The maximum absolute atomic E-state index is 12.7. The summed E-state index contributed by atoms with van der Waals surface area (Å²) in [4.78, 5) is 14.8. The number of amides is 1. The molecule has 2 aliphatic rings. The van der Waals surface area contributed by atoms with Crippen LogP contribution in [0.4, 0.5) is 0 Å². The minimum Gasteiger partial charge on any atom is -0.352 e. The van der Waals surface area contributed by atoms with Crippen molar-refractivity contribution >= 4 is 5.91 Å². The Morgan fingerprint density at radius 3 is 2.58 bits per heavy atom. The second kappa shape index (κ2) is 8.35. The molecular formula is C21H28N2O. The Labute approximate surface area is 145 Å². The fourth-order valence-electron chi connectivity index (χ4n) is 4.19. The molecule has 1 saturated heterocycles. The molecule has 1 N–H and O–H groups in total. The largest absolute Gasteiger partial charge is 0.352 e. The van der Waals surface area contributed by atoms with E-state index in [9.17, 15) is 4.79 Å². The van der Waals surface area contributed by atoms with Gasteiger partial charge in [-0.15, -0.1) is 6.42 Å². The lowest BCUT2D eigenvalue weighted by Crippen LogP contribution is -2.52. The molecule has 1 aromatic carbocycles. The van der Waals surface area contributed by atoms with Crippen molar-refractivity contribution in [3.63, 3.8) is 0 Å². The summed E-state index contributed by atoms with van der Waals surface area (Å²) in [5.41, 5.74) is 1.44. The fourth-order valence-corrected chi connectivity index (χ4v) is 4.19. The molecule has 1 amide bonds. The van der Waals surface area contributed by atoms with Crippen molar-refractivity contribution in [2.24, 2.45) is 0 Å². The average Bonchev–Trinajstić information content (AvgIpc) is 2.64. The van der Waals surface area contributed by atoms with E-state index in [4.69, 9.17) is 6.42 Å². The van der Waals surface area contributed by atoms with Crippen molar-refractivity contribution in [3.8, 4) is 12.3 Å². The summed E-state index contributed by atoms with van der Waals surface area (Å²) >= 11 is 0. The van der Waals surface area contributed by atoms with Crippen LogP contribution in [0.2, 0.25) is 0 Å². The van der Waals surface area contributed by atoms with E-state index >= 15 is 0 Å². The number of nitrogens with zero attached hydrogens (tertiary/aromatic N) is 1. The lowest BCUT2D eigenvalue weighted by Gasteiger charge is -2.35. The average molecular weight is 324 g/mol. The van der Waals surface area contributed by atoms with Gasteiger partial charge in [-0.05, 0) is 56.6 Å². The monoisotopic (exact) mass is 324 g/mol. The van der Waals surface area contributed by atoms with Crippen molar-refractivity contribution in [3.05, 3.63) is 35.9 Å². The molecule has 1 saturated carbocycles. The van der Waals surface area contributed by atoms with Gasteiger partial charge in [-0.25, -0.2) is 0 Å². The molecular weight excluding hydrogens is 296 g/mol. The topological polar surface area (TPSA) is 32.3 Å². The van der Waals surface area contributed by atoms with Gasteiger partial charge in [0, 0.05) is 6.04 Å². The summed E-state index contributed by atoms with van der Waals surface area (Å²) in [6.45, 7) is 1.53. The van der Waals surface area contributed by atoms with Crippen LogP contribution in [-0.2, 0) is 4.79 Å². The van der Waals surface area contributed by atoms with Crippen molar-refractivity contribution in [1.29, 1.82) is 0 Å². The van der Waals surface area contributed by atoms with Gasteiger partial charge in [0.25, 0.3) is 0 Å². The second-order valence-corrected chi connectivity index (χ2v) is 7.15. The summed E-state index contributed by atoms with van der Waals surface area (Å²) in [5, 5.41) is 3.30. The minimum atomic E-state index is -0.0263. The first-order valence-corrected chi connectivity index (χ1v) is 9.30. The van der Waals surface area contributed by atoms with E-state index in [2.05, 4.69) is 46.5 Å². The molecule has 2 fully saturated rings. The number of carbonyl (C=O) groups excluding carboxylic acids is 1. The molecule has 24 heavy (non-hydrogen) atoms. The van der Waals surface area contributed by atoms with Crippen LogP contribution in [-0.4, -0.2) is 36.0 Å². The molecule has 0 aromatic heterocycles. The SMILES string of the molecule is C#CCN1CCCCC1C(=O)NC1CCC(c2ccccc2)CC1. The van der Waals surface area contributed by atoms with Gasteiger partial charge in [-0.2, -0.15) is 0 Å². The van der Waals surface area contributed by atoms with E-state index in [1.54, 1.807) is 0 Å². The Morgan fingerprint density at radius 2 is 1.88 bits per heavy atom. The highest BCUT2D eigenvalue weighted by Gasteiger charge is 2.30. The summed E-state index contributed by atoms with van der Waals surface area (Å²) in [6.07, 6.45) is 13.1. The van der Waals surface area contributed by atoms with Crippen LogP contribution in [0.15, 0.2) is 30.3 Å². The zero-order valence-corrected chi connectivity index (χ0v) is 14.4. The van der Waals surface area contributed by atoms with Crippen LogP contribution in [0.25, 0.3) is 0 Å². The molecule has 1 unspecified atom stereocenters. The van der Waals surface area contributed by atoms with Gasteiger partial charge in [0.15, 0.2) is 0 Å². The molecule has 3 heteroatoms. The van der Waals surface area contributed by atoms with Gasteiger partial charge in [-0.3, -0.25) is 9.69 Å². The van der Waals surface area contributed by atoms with E-state index in [1.807, 2.05) is 0 Å². The first-order valence-electron chi connectivity index (χ1n) is 9.30. The molecule has 0 bridgehead atoms. The Morgan fingerprint density at radius 1 is 1.12 bits per heavy atom. The number of carbonyl (C=O) groups is 1. The van der Waals surface area contributed by atoms with E-state index in [0.29, 0.717) is 18.5 Å². The van der Waals surface area contributed by atoms with Crippen LogP contribution in [0.3, 0.4) is 0 Å². The second-order valence-electron chi connectivity index (χ2n) is 7.15. The maximum atomic E-state index is 12.7. The Balaban J connectivity index is 1.50. The van der Waals surface area contributed by atoms with E-state index in [-0.39, 0.29) is 11.9 Å². The smallest absolute Gasteiger partial charge is 0.237 e. The van der Waals surface area contributed by atoms with Crippen LogP contribution in [0.5, 0.6) is 0 Å². The van der Waals surface area contributed by atoms with Gasteiger partial charge in [0.05, 0.1) is 12.6 Å². The highest BCUT2D eigenvalue weighted by molar-refractivity contribution is 5.82. The Hall–Kier alpha value is -1.79. The highest BCUT2D eigenvalue weighted by Crippen LogP contribution is 2.32. The third-order valence-electron chi connectivity index (χ3n) is 5.56. The molecule has 1 atom stereocenters. The fraction of sp³-hybridized carbons (Fsp3) is 0.571. The molecule has 1 aliphatic carbocycles. The molecule has 1 heterocycles. The number of rotatable bonds is 4. The first-order chi connectivity index (χ1) is 11.8. The van der Waals surface area contributed by atoms with Crippen molar-refractivity contribution in [2.45, 2.75) is 62.9 Å². The predicted molar refractivity (Wildman–Crippen MR) is 97.6 cm³/mol. The van der Waals surface area contributed by atoms with Gasteiger partial charge in [0.2, 0.25) is 5.91 Å². The first kappa shape index (κ1) is 17.0. The van der Waals surface area contributed by atoms with Crippen molar-refractivity contribution in [1.82, 2.24) is 10.2 Å². The number of piperidine rings is 1. The number of terminal acetylenes is 1. The van der Waals surface area contributed by atoms with Gasteiger partial charge < -0.3 is 5.32 Å². The van der Waals surface area contributed by atoms with E-state index < -0.39 is 0 Å². The molecule has 0 radical (unpaired) electrons. The quantitative estimate of drug-likeness (QED) is 0.862. The van der Waals surface area contributed by atoms with Crippen LogP contribution in [0.1, 0.15) is 56.4 Å². The van der Waals surface area contributed by atoms with E-state index in [1.165, 1.54) is 5.56 Å². The van der Waals surface area contributed by atoms with Gasteiger partial charge in [-0.1, -0.05) is 42.7 Å². The molecule has 1 aromatic rings. The number of hydrogen-bond donors (Lipinski definition) is 1. The third-order valence-corrected chi connectivity index (χ3v) is 5.56.